The lowest BCUT2D eigenvalue weighted by Crippen LogP contribution is -1.92. The molecular formula is C38H24O. The van der Waals surface area contributed by atoms with E-state index in [-0.39, 0.29) is 29.7 Å². The third-order valence-corrected chi connectivity index (χ3v) is 7.55. The summed E-state index contributed by atoms with van der Waals surface area (Å²) in [6.45, 7) is 0. The predicted molar refractivity (Wildman–Crippen MR) is 165 cm³/mol. The van der Waals surface area contributed by atoms with Gasteiger partial charge in [-0.2, -0.15) is 0 Å². The molecule has 0 radical (unpaired) electrons. The first kappa shape index (κ1) is 17.4. The Bertz CT molecular complexity index is 2410. The fraction of sp³-hybridized carbons (Fsp3) is 0. The number of benzene rings is 7. The van der Waals surface area contributed by atoms with E-state index in [0.717, 1.165) is 65.7 Å². The van der Waals surface area contributed by atoms with Crippen LogP contribution in [0.2, 0.25) is 0 Å². The van der Waals surface area contributed by atoms with Crippen LogP contribution in [0.4, 0.5) is 0 Å². The van der Waals surface area contributed by atoms with Crippen molar-refractivity contribution in [1.82, 2.24) is 0 Å². The Morgan fingerprint density at radius 1 is 0.436 bits per heavy atom. The molecule has 1 heterocycles. The van der Waals surface area contributed by atoms with E-state index < -0.39 is 6.04 Å². The Balaban J connectivity index is 1.61. The van der Waals surface area contributed by atoms with Gasteiger partial charge in [-0.05, 0) is 73.1 Å². The van der Waals surface area contributed by atoms with Crippen LogP contribution in [0.25, 0.3) is 76.9 Å². The molecule has 7 aromatic carbocycles. The molecule has 0 amide bonds. The molecule has 0 aliphatic heterocycles. The third-order valence-electron chi connectivity index (χ3n) is 7.55. The predicted octanol–water partition coefficient (Wildman–Crippen LogP) is 10.9. The molecule has 1 nitrogen and oxygen atoms in total. The molecule has 0 aliphatic carbocycles. The van der Waals surface area contributed by atoms with Crippen LogP contribution in [0.3, 0.4) is 0 Å². The normalized spacial score (nSPS) is 13.4. The highest BCUT2D eigenvalue weighted by Crippen LogP contribution is 2.47. The fourth-order valence-electron chi connectivity index (χ4n) is 5.91. The maximum atomic E-state index is 8.91. The van der Waals surface area contributed by atoms with Crippen molar-refractivity contribution in [3.8, 4) is 33.4 Å². The minimum Gasteiger partial charge on any atom is -0.456 e. The van der Waals surface area contributed by atoms with Gasteiger partial charge in [-0.25, -0.2) is 0 Å². The summed E-state index contributed by atoms with van der Waals surface area (Å²) in [6.07, 6.45) is 0. The number of fused-ring (bicyclic) bond motifs is 5. The highest BCUT2D eigenvalue weighted by Gasteiger charge is 2.20. The van der Waals surface area contributed by atoms with Crippen LogP contribution in [0.5, 0.6) is 0 Å². The molecule has 1 heteroatoms. The number of hydrogen-bond acceptors (Lipinski definition) is 1. The molecule has 0 fully saturated rings. The summed E-state index contributed by atoms with van der Waals surface area (Å²) in [6, 6.07) is 36.9. The van der Waals surface area contributed by atoms with E-state index in [0.29, 0.717) is 5.56 Å². The molecular weight excluding hydrogens is 472 g/mol. The van der Waals surface area contributed by atoms with E-state index in [1.807, 2.05) is 78.9 Å². The van der Waals surface area contributed by atoms with Crippen LogP contribution < -0.4 is 0 Å². The van der Waals surface area contributed by atoms with Crippen LogP contribution in [-0.4, -0.2) is 0 Å². The second-order valence-electron chi connectivity index (χ2n) is 9.70. The first-order chi connectivity index (χ1) is 21.4. The molecule has 0 atom stereocenters. The van der Waals surface area contributed by atoms with Crippen molar-refractivity contribution in [1.29, 1.82) is 0 Å². The van der Waals surface area contributed by atoms with Crippen molar-refractivity contribution in [2.45, 2.75) is 0 Å². The largest absolute Gasteiger partial charge is 0.456 e. The number of furan rings is 1. The summed E-state index contributed by atoms with van der Waals surface area (Å²) in [5, 5.41) is 5.49. The summed E-state index contributed by atoms with van der Waals surface area (Å²) in [5.41, 5.74) is 6.51. The number of rotatable bonds is 3. The Kier molecular flexibility index (Phi) is 3.89. The molecule has 0 aliphatic rings. The zero-order valence-electron chi connectivity index (χ0n) is 25.9. The van der Waals surface area contributed by atoms with Gasteiger partial charge in [0.05, 0.1) is 6.85 Å². The molecule has 0 N–H and O–H groups in total. The minimum atomic E-state index is -0.404. The molecule has 0 unspecified atom stereocenters. The summed E-state index contributed by atoms with van der Waals surface area (Å²) < 4.78 is 49.2. The minimum absolute atomic E-state index is 0.197. The summed E-state index contributed by atoms with van der Waals surface area (Å²) in [5.74, 6) is 0. The van der Waals surface area contributed by atoms with E-state index in [9.17, 15) is 0 Å². The molecule has 182 valence electrons. The van der Waals surface area contributed by atoms with Crippen molar-refractivity contribution in [3.05, 3.63) is 145 Å². The topological polar surface area (TPSA) is 13.1 Å². The van der Waals surface area contributed by atoms with Crippen molar-refractivity contribution >= 4 is 43.5 Å². The molecule has 1 aromatic heterocycles. The molecule has 0 saturated carbocycles. The maximum Gasteiger partial charge on any atom is 0.136 e. The Hall–Kier alpha value is -5.14. The summed E-state index contributed by atoms with van der Waals surface area (Å²) in [4.78, 5) is 0. The van der Waals surface area contributed by atoms with Gasteiger partial charge in [-0.1, -0.05) is 127 Å². The summed E-state index contributed by atoms with van der Waals surface area (Å²) in [7, 11) is 0. The highest BCUT2D eigenvalue weighted by molar-refractivity contribution is 6.26. The van der Waals surface area contributed by atoms with Crippen molar-refractivity contribution in [3.63, 3.8) is 0 Å². The van der Waals surface area contributed by atoms with Gasteiger partial charge < -0.3 is 4.42 Å². The Labute approximate surface area is 233 Å². The summed E-state index contributed by atoms with van der Waals surface area (Å²) >= 11 is 0. The zero-order valence-corrected chi connectivity index (χ0v) is 20.9. The number of para-hydroxylation sites is 1. The van der Waals surface area contributed by atoms with Crippen molar-refractivity contribution in [2.75, 3.05) is 0 Å². The van der Waals surface area contributed by atoms with Gasteiger partial charge in [0.25, 0.3) is 0 Å². The van der Waals surface area contributed by atoms with E-state index in [2.05, 4.69) is 36.4 Å². The fourth-order valence-corrected chi connectivity index (χ4v) is 5.91. The first-order valence-electron chi connectivity index (χ1n) is 15.5. The lowest BCUT2D eigenvalue weighted by molar-refractivity contribution is 0.669. The van der Waals surface area contributed by atoms with Crippen molar-refractivity contribution in [2.24, 2.45) is 0 Å². The van der Waals surface area contributed by atoms with Crippen LogP contribution in [-0.2, 0) is 0 Å². The van der Waals surface area contributed by atoms with E-state index in [1.165, 1.54) is 0 Å². The quantitative estimate of drug-likeness (QED) is 0.219. The molecule has 8 rings (SSSR count). The Morgan fingerprint density at radius 3 is 1.92 bits per heavy atom. The first-order valence-corrected chi connectivity index (χ1v) is 13.0. The zero-order chi connectivity index (χ0) is 30.1. The van der Waals surface area contributed by atoms with Crippen LogP contribution in [0.15, 0.2) is 150 Å². The monoisotopic (exact) mass is 501 g/mol. The van der Waals surface area contributed by atoms with Crippen molar-refractivity contribution < 1.29 is 11.3 Å². The second-order valence-corrected chi connectivity index (χ2v) is 9.70. The lowest BCUT2D eigenvalue weighted by Gasteiger charge is -2.19. The van der Waals surface area contributed by atoms with Crippen LogP contribution in [0, 0.1) is 0 Å². The lowest BCUT2D eigenvalue weighted by atomic mass is 9.84. The average molecular weight is 502 g/mol. The van der Waals surface area contributed by atoms with Gasteiger partial charge in [-0.15, -0.1) is 0 Å². The number of hydrogen-bond donors (Lipinski definition) is 0. The molecule has 8 aromatic rings. The van der Waals surface area contributed by atoms with E-state index in [1.54, 1.807) is 0 Å². The molecule has 0 spiro atoms. The van der Waals surface area contributed by atoms with Gasteiger partial charge in [0, 0.05) is 10.8 Å². The van der Waals surface area contributed by atoms with Gasteiger partial charge >= 0.3 is 0 Å². The van der Waals surface area contributed by atoms with E-state index in [4.69, 9.17) is 11.3 Å². The Morgan fingerprint density at radius 2 is 1.10 bits per heavy atom. The standard InChI is InChI=1S/C38H24O/c1-3-12-25(13-4-1)27-22-23-30-33(24-27)37(29-17-8-7-16-28(29)36(30)26-14-5-2-6-15-26)32-19-11-21-35-38(32)31-18-9-10-20-34(31)39-35/h1-24H/i2D,5D,6D,14D,15D. The van der Waals surface area contributed by atoms with Gasteiger partial charge in [-0.3, -0.25) is 0 Å². The van der Waals surface area contributed by atoms with E-state index >= 15 is 0 Å². The second kappa shape index (κ2) is 8.72. The molecule has 39 heavy (non-hydrogen) atoms. The smallest absolute Gasteiger partial charge is 0.136 e. The maximum absolute atomic E-state index is 8.91. The van der Waals surface area contributed by atoms with Crippen LogP contribution >= 0.6 is 0 Å². The van der Waals surface area contributed by atoms with Gasteiger partial charge in [0.1, 0.15) is 11.2 Å². The molecule has 0 bridgehead atoms. The van der Waals surface area contributed by atoms with Gasteiger partial charge in [0.15, 0.2) is 0 Å². The SMILES string of the molecule is [2H]c1c([2H])c([2H])c(-c2c3ccccc3c(-c3cccc4oc5ccccc5c34)c3cc(-c4ccccc4)ccc23)c([2H])c1[2H]. The third kappa shape index (κ3) is 3.41. The highest BCUT2D eigenvalue weighted by atomic mass is 16.3. The van der Waals surface area contributed by atoms with Crippen LogP contribution in [0.1, 0.15) is 6.85 Å². The average Bonchev–Trinajstić information content (AvgIpc) is 3.45. The van der Waals surface area contributed by atoms with Gasteiger partial charge in [0.2, 0.25) is 0 Å². The molecule has 0 saturated heterocycles.